The standard InChI is InChI=1S/C10H7BrF2O4/c1-2-17-10(16)9(15)6-7(13)4(11)3-5(12)8(6)14/h3,14H,2H2,1H3. The van der Waals surface area contributed by atoms with Crippen LogP contribution in [0, 0.1) is 11.6 Å². The molecule has 0 heterocycles. The lowest BCUT2D eigenvalue weighted by Crippen LogP contribution is -2.19. The van der Waals surface area contributed by atoms with E-state index in [-0.39, 0.29) is 11.1 Å². The Kier molecular flexibility index (Phi) is 4.17. The summed E-state index contributed by atoms with van der Waals surface area (Å²) < 4.78 is 30.5. The first-order chi connectivity index (χ1) is 7.90. The number of phenolic OH excluding ortho intramolecular Hbond substituents is 1. The van der Waals surface area contributed by atoms with E-state index < -0.39 is 34.7 Å². The lowest BCUT2D eigenvalue weighted by Gasteiger charge is -2.07. The summed E-state index contributed by atoms with van der Waals surface area (Å²) in [5, 5.41) is 9.23. The van der Waals surface area contributed by atoms with Crippen LogP contribution < -0.4 is 0 Å². The molecule has 17 heavy (non-hydrogen) atoms. The average molecular weight is 309 g/mol. The molecule has 1 N–H and O–H groups in total. The molecule has 0 unspecified atom stereocenters. The molecule has 0 saturated heterocycles. The largest absolute Gasteiger partial charge is 0.504 e. The molecule has 7 heteroatoms. The Labute approximate surface area is 103 Å². The smallest absolute Gasteiger partial charge is 0.379 e. The molecular formula is C10H7BrF2O4. The maximum Gasteiger partial charge on any atom is 0.379 e. The fraction of sp³-hybridized carbons (Fsp3) is 0.200. The summed E-state index contributed by atoms with van der Waals surface area (Å²) in [7, 11) is 0. The highest BCUT2D eigenvalue weighted by Crippen LogP contribution is 2.30. The molecule has 0 saturated carbocycles. The number of aromatic hydroxyl groups is 1. The number of hydrogen-bond donors (Lipinski definition) is 1. The van der Waals surface area contributed by atoms with Crippen LogP contribution in [0.15, 0.2) is 10.5 Å². The molecule has 1 aromatic rings. The Morgan fingerprint density at radius 3 is 2.59 bits per heavy atom. The normalized spacial score (nSPS) is 10.1. The third-order valence-electron chi connectivity index (χ3n) is 1.83. The van der Waals surface area contributed by atoms with Gasteiger partial charge in [0.05, 0.1) is 11.1 Å². The van der Waals surface area contributed by atoms with Gasteiger partial charge in [-0.05, 0) is 28.9 Å². The highest BCUT2D eigenvalue weighted by Gasteiger charge is 2.28. The third-order valence-corrected chi connectivity index (χ3v) is 2.41. The van der Waals surface area contributed by atoms with Crippen molar-refractivity contribution in [1.82, 2.24) is 0 Å². The molecule has 0 aromatic heterocycles. The molecule has 4 nitrogen and oxygen atoms in total. The van der Waals surface area contributed by atoms with Gasteiger partial charge in [-0.1, -0.05) is 0 Å². The molecular weight excluding hydrogens is 302 g/mol. The second-order valence-corrected chi connectivity index (χ2v) is 3.78. The van der Waals surface area contributed by atoms with E-state index in [2.05, 4.69) is 20.7 Å². The number of ketones is 1. The zero-order valence-corrected chi connectivity index (χ0v) is 10.2. The van der Waals surface area contributed by atoms with Crippen molar-refractivity contribution < 1.29 is 28.2 Å². The van der Waals surface area contributed by atoms with Crippen molar-refractivity contribution in [3.05, 3.63) is 27.7 Å². The molecule has 0 aliphatic carbocycles. The van der Waals surface area contributed by atoms with Gasteiger partial charge in [0.1, 0.15) is 5.56 Å². The summed E-state index contributed by atoms with van der Waals surface area (Å²) in [6.07, 6.45) is 0. The molecule has 0 aliphatic heterocycles. The summed E-state index contributed by atoms with van der Waals surface area (Å²) >= 11 is 2.66. The summed E-state index contributed by atoms with van der Waals surface area (Å²) in [6, 6.07) is 0.645. The second kappa shape index (κ2) is 5.22. The van der Waals surface area contributed by atoms with Gasteiger partial charge in [-0.15, -0.1) is 0 Å². The Morgan fingerprint density at radius 1 is 1.47 bits per heavy atom. The van der Waals surface area contributed by atoms with E-state index in [1.807, 2.05) is 0 Å². The number of ether oxygens (including phenoxy) is 1. The van der Waals surface area contributed by atoms with Gasteiger partial charge in [0, 0.05) is 0 Å². The van der Waals surface area contributed by atoms with Crippen molar-refractivity contribution >= 4 is 27.7 Å². The summed E-state index contributed by atoms with van der Waals surface area (Å²) in [5.41, 5.74) is -1.05. The molecule has 0 atom stereocenters. The number of Topliss-reactive ketones (excluding diaryl/α,β-unsaturated/α-hetero) is 1. The first kappa shape index (κ1) is 13.6. The first-order valence-electron chi connectivity index (χ1n) is 4.48. The first-order valence-corrected chi connectivity index (χ1v) is 5.27. The van der Waals surface area contributed by atoms with Crippen molar-refractivity contribution in [2.24, 2.45) is 0 Å². The van der Waals surface area contributed by atoms with E-state index in [1.165, 1.54) is 6.92 Å². The van der Waals surface area contributed by atoms with Crippen molar-refractivity contribution in [1.29, 1.82) is 0 Å². The van der Waals surface area contributed by atoms with Crippen LogP contribution in [0.25, 0.3) is 0 Å². The van der Waals surface area contributed by atoms with Gasteiger partial charge in [0.15, 0.2) is 17.4 Å². The van der Waals surface area contributed by atoms with Crippen LogP contribution in [0.4, 0.5) is 8.78 Å². The van der Waals surface area contributed by atoms with Gasteiger partial charge in [-0.25, -0.2) is 13.6 Å². The number of benzene rings is 1. The quantitative estimate of drug-likeness (QED) is 0.402. The minimum Gasteiger partial charge on any atom is -0.504 e. The monoisotopic (exact) mass is 308 g/mol. The summed E-state index contributed by atoms with van der Waals surface area (Å²) in [5.74, 6) is -6.46. The Bertz CT molecular complexity index is 461. The van der Waals surface area contributed by atoms with Gasteiger partial charge in [0.2, 0.25) is 0 Å². The maximum atomic E-state index is 13.5. The van der Waals surface area contributed by atoms with Crippen molar-refractivity contribution in [3.8, 4) is 5.75 Å². The van der Waals surface area contributed by atoms with Crippen LogP contribution in [0.5, 0.6) is 5.75 Å². The number of carbonyl (C=O) groups excluding carboxylic acids is 2. The van der Waals surface area contributed by atoms with Gasteiger partial charge in [-0.3, -0.25) is 4.79 Å². The number of esters is 1. The molecule has 1 rings (SSSR count). The van der Waals surface area contributed by atoms with Crippen molar-refractivity contribution in [2.75, 3.05) is 6.61 Å². The van der Waals surface area contributed by atoms with Crippen LogP contribution in [0.2, 0.25) is 0 Å². The minimum atomic E-state index is -1.44. The number of rotatable bonds is 3. The molecule has 1 aromatic carbocycles. The van der Waals surface area contributed by atoms with Gasteiger partial charge >= 0.3 is 5.97 Å². The van der Waals surface area contributed by atoms with Crippen LogP contribution in [-0.4, -0.2) is 23.5 Å². The fourth-order valence-corrected chi connectivity index (χ4v) is 1.49. The lowest BCUT2D eigenvalue weighted by molar-refractivity contribution is -0.137. The van der Waals surface area contributed by atoms with Crippen LogP contribution >= 0.6 is 15.9 Å². The number of halogens is 3. The minimum absolute atomic E-state index is 0.0938. The van der Waals surface area contributed by atoms with Gasteiger partial charge in [-0.2, -0.15) is 0 Å². The highest BCUT2D eigenvalue weighted by molar-refractivity contribution is 9.10. The molecule has 92 valence electrons. The second-order valence-electron chi connectivity index (χ2n) is 2.93. The van der Waals surface area contributed by atoms with Crippen molar-refractivity contribution in [2.45, 2.75) is 6.92 Å². The Morgan fingerprint density at radius 2 is 2.06 bits per heavy atom. The predicted molar refractivity (Wildman–Crippen MR) is 56.7 cm³/mol. The average Bonchev–Trinajstić information content (AvgIpc) is 2.27. The zero-order chi connectivity index (χ0) is 13.2. The molecule has 0 radical (unpaired) electrons. The summed E-state index contributed by atoms with van der Waals surface area (Å²) in [6.45, 7) is 1.35. The molecule has 0 spiro atoms. The molecule has 0 bridgehead atoms. The van der Waals surface area contributed by atoms with E-state index in [0.717, 1.165) is 0 Å². The van der Waals surface area contributed by atoms with E-state index in [0.29, 0.717) is 6.07 Å². The van der Waals surface area contributed by atoms with E-state index in [1.54, 1.807) is 0 Å². The molecule has 0 amide bonds. The van der Waals surface area contributed by atoms with E-state index in [9.17, 15) is 23.5 Å². The fourth-order valence-electron chi connectivity index (χ4n) is 1.09. The maximum absolute atomic E-state index is 13.5. The molecule has 0 aliphatic rings. The number of hydrogen-bond acceptors (Lipinski definition) is 4. The van der Waals surface area contributed by atoms with Gasteiger partial charge < -0.3 is 9.84 Å². The van der Waals surface area contributed by atoms with E-state index in [4.69, 9.17) is 0 Å². The van der Waals surface area contributed by atoms with Gasteiger partial charge in [0.25, 0.3) is 5.78 Å². The summed E-state index contributed by atoms with van der Waals surface area (Å²) in [4.78, 5) is 22.5. The predicted octanol–water partition coefficient (Wildman–Crippen LogP) is 2.18. The third kappa shape index (κ3) is 2.60. The van der Waals surface area contributed by atoms with Crippen molar-refractivity contribution in [3.63, 3.8) is 0 Å². The van der Waals surface area contributed by atoms with Crippen LogP contribution in [0.1, 0.15) is 17.3 Å². The SMILES string of the molecule is CCOC(=O)C(=O)c1c(O)c(F)cc(Br)c1F. The lowest BCUT2D eigenvalue weighted by atomic mass is 10.1. The Hall–Kier alpha value is -1.50. The topological polar surface area (TPSA) is 63.6 Å². The molecule has 0 fully saturated rings. The van der Waals surface area contributed by atoms with E-state index >= 15 is 0 Å². The Balaban J connectivity index is 3.31. The highest BCUT2D eigenvalue weighted by atomic mass is 79.9. The zero-order valence-electron chi connectivity index (χ0n) is 8.59. The van der Waals surface area contributed by atoms with Crippen LogP contribution in [-0.2, 0) is 9.53 Å². The van der Waals surface area contributed by atoms with Crippen LogP contribution in [0.3, 0.4) is 0 Å². The number of phenols is 1. The number of carbonyl (C=O) groups is 2.